The molecule has 0 rings (SSSR count). The number of unbranched alkanes of at least 4 members (excludes halogenated alkanes) is 3. The van der Waals surface area contributed by atoms with Crippen LogP contribution in [0.15, 0.2) is 0 Å². The summed E-state index contributed by atoms with van der Waals surface area (Å²) in [7, 11) is 0. The summed E-state index contributed by atoms with van der Waals surface area (Å²) in [6.07, 6.45) is 3.15. The van der Waals surface area contributed by atoms with Gasteiger partial charge in [0.2, 0.25) is 5.96 Å². The van der Waals surface area contributed by atoms with Gasteiger partial charge in [0.15, 0.2) is 5.96 Å². The molecule has 0 aromatic rings. The molecule has 0 aliphatic carbocycles. The number of hydrogen-bond donors (Lipinski definition) is 5. The fraction of sp³-hybridized carbons (Fsp3) is 0.750. The molecule has 0 amide bonds. The predicted molar refractivity (Wildman–Crippen MR) is 65.1 cm³/mol. The maximum absolute atomic E-state index is 10.1. The van der Waals surface area contributed by atoms with Gasteiger partial charge in [-0.2, -0.15) is 10.0 Å². The first-order valence-electron chi connectivity index (χ1n) is 5.45. The SMILES string of the molecule is N=C(N)NCCCCCCN(O[N+](=O)[O-])C(=N)N. The number of nitrogens with two attached hydrogens (primary N) is 2. The van der Waals surface area contributed by atoms with Gasteiger partial charge in [0.1, 0.15) is 0 Å². The van der Waals surface area contributed by atoms with Crippen molar-refractivity contribution in [3.63, 3.8) is 0 Å². The Labute approximate surface area is 104 Å². The lowest BCUT2D eigenvalue weighted by molar-refractivity contribution is -0.802. The van der Waals surface area contributed by atoms with Gasteiger partial charge in [-0.3, -0.25) is 10.8 Å². The van der Waals surface area contributed by atoms with Gasteiger partial charge in [-0.15, -0.1) is 10.1 Å². The number of hydroxylamine groups is 2. The number of rotatable bonds is 9. The Morgan fingerprint density at radius 1 is 1.28 bits per heavy atom. The Kier molecular flexibility index (Phi) is 7.73. The third-order valence-corrected chi connectivity index (χ3v) is 2.04. The van der Waals surface area contributed by atoms with Crippen LogP contribution < -0.4 is 16.8 Å². The minimum Gasteiger partial charge on any atom is -0.370 e. The maximum Gasteiger partial charge on any atom is 0.317 e. The highest BCUT2D eigenvalue weighted by Crippen LogP contribution is 2.01. The molecule has 10 nitrogen and oxygen atoms in total. The van der Waals surface area contributed by atoms with Gasteiger partial charge in [-0.05, 0) is 12.8 Å². The molecule has 0 bridgehead atoms. The second-order valence-electron chi connectivity index (χ2n) is 3.55. The molecule has 0 atom stereocenters. The molecule has 0 aliphatic heterocycles. The molecule has 0 saturated carbocycles. The normalized spacial score (nSPS) is 9.56. The van der Waals surface area contributed by atoms with Crippen LogP contribution >= 0.6 is 0 Å². The molecular weight excluding hydrogens is 242 g/mol. The Hall–Kier alpha value is -2.26. The van der Waals surface area contributed by atoms with Crippen LogP contribution in [0.2, 0.25) is 0 Å². The van der Waals surface area contributed by atoms with Crippen molar-refractivity contribution in [2.45, 2.75) is 25.7 Å². The van der Waals surface area contributed by atoms with Crippen molar-refractivity contribution in [2.75, 3.05) is 13.1 Å². The summed E-state index contributed by atoms with van der Waals surface area (Å²) in [4.78, 5) is 14.2. The van der Waals surface area contributed by atoms with Gasteiger partial charge in [-0.25, -0.2) is 0 Å². The zero-order chi connectivity index (χ0) is 14.0. The Morgan fingerprint density at radius 2 is 1.89 bits per heavy atom. The van der Waals surface area contributed by atoms with E-state index >= 15 is 0 Å². The van der Waals surface area contributed by atoms with Crippen LogP contribution in [0.25, 0.3) is 0 Å². The topological polar surface area (TPSA) is 167 Å². The summed E-state index contributed by atoms with van der Waals surface area (Å²) in [5.74, 6) is -0.554. The van der Waals surface area contributed by atoms with E-state index in [1.807, 2.05) is 0 Å². The number of hydrogen-bond acceptors (Lipinski definition) is 5. The van der Waals surface area contributed by atoms with E-state index in [1.54, 1.807) is 0 Å². The van der Waals surface area contributed by atoms with Crippen LogP contribution in [-0.2, 0) is 4.94 Å². The molecule has 0 aromatic carbocycles. The van der Waals surface area contributed by atoms with Crippen LogP contribution in [0.5, 0.6) is 0 Å². The van der Waals surface area contributed by atoms with E-state index < -0.39 is 11.0 Å². The van der Waals surface area contributed by atoms with Crippen LogP contribution in [0, 0.1) is 20.9 Å². The van der Waals surface area contributed by atoms with Gasteiger partial charge >= 0.3 is 5.09 Å². The van der Waals surface area contributed by atoms with E-state index in [1.165, 1.54) is 0 Å². The van der Waals surface area contributed by atoms with Crippen molar-refractivity contribution in [2.24, 2.45) is 11.5 Å². The highest BCUT2D eigenvalue weighted by atomic mass is 17.0. The molecule has 10 heteroatoms. The van der Waals surface area contributed by atoms with E-state index in [9.17, 15) is 10.1 Å². The van der Waals surface area contributed by atoms with Gasteiger partial charge < -0.3 is 16.8 Å². The van der Waals surface area contributed by atoms with Crippen LogP contribution in [0.4, 0.5) is 0 Å². The quantitative estimate of drug-likeness (QED) is 0.121. The molecule has 0 saturated heterocycles. The van der Waals surface area contributed by atoms with Crippen molar-refractivity contribution in [1.29, 1.82) is 10.8 Å². The van der Waals surface area contributed by atoms with E-state index in [-0.39, 0.29) is 12.5 Å². The lowest BCUT2D eigenvalue weighted by Crippen LogP contribution is -2.38. The number of nitrogens with one attached hydrogen (secondary N) is 3. The largest absolute Gasteiger partial charge is 0.370 e. The Balaban J connectivity index is 3.58. The van der Waals surface area contributed by atoms with Crippen LogP contribution in [0.3, 0.4) is 0 Å². The molecule has 104 valence electrons. The summed E-state index contributed by atoms with van der Waals surface area (Å²) in [5, 5.41) is 26.5. The van der Waals surface area contributed by atoms with E-state index in [4.69, 9.17) is 22.3 Å². The summed E-state index contributed by atoms with van der Waals surface area (Å²) < 4.78 is 0. The van der Waals surface area contributed by atoms with Crippen molar-refractivity contribution >= 4 is 11.9 Å². The monoisotopic (exact) mass is 261 g/mol. The predicted octanol–water partition coefficient (Wildman–Crippen LogP) is -0.651. The molecular formula is C8H19N7O3. The summed E-state index contributed by atoms with van der Waals surface area (Å²) in [6.45, 7) is 0.813. The standard InChI is InChI=1S/C8H19N7O3/c9-7(10)13-5-3-1-2-4-6-14(8(11)12)18-15(16)17/h1-6H2,(H3,11,12)(H4,9,10,13). The minimum atomic E-state index is -1.00. The summed E-state index contributed by atoms with van der Waals surface area (Å²) in [5.41, 5.74) is 10.2. The molecule has 0 fully saturated rings. The molecule has 0 aromatic heterocycles. The molecule has 7 N–H and O–H groups in total. The number of nitrogens with zero attached hydrogens (tertiary/aromatic N) is 2. The van der Waals surface area contributed by atoms with Crippen LogP contribution in [0.1, 0.15) is 25.7 Å². The second kappa shape index (κ2) is 8.84. The highest BCUT2D eigenvalue weighted by Gasteiger charge is 2.10. The van der Waals surface area contributed by atoms with Gasteiger partial charge in [0.25, 0.3) is 0 Å². The molecule has 0 radical (unpaired) electrons. The van der Waals surface area contributed by atoms with Crippen molar-refractivity contribution in [3.8, 4) is 0 Å². The molecule has 0 spiro atoms. The van der Waals surface area contributed by atoms with Crippen molar-refractivity contribution in [3.05, 3.63) is 10.1 Å². The highest BCUT2D eigenvalue weighted by molar-refractivity contribution is 5.74. The first-order chi connectivity index (χ1) is 8.43. The smallest absolute Gasteiger partial charge is 0.317 e. The van der Waals surface area contributed by atoms with Gasteiger partial charge in [-0.1, -0.05) is 12.8 Å². The first-order valence-corrected chi connectivity index (χ1v) is 5.45. The fourth-order valence-corrected chi connectivity index (χ4v) is 1.24. The minimum absolute atomic E-state index is 0.0582. The van der Waals surface area contributed by atoms with Crippen molar-refractivity contribution < 1.29 is 10.0 Å². The third kappa shape index (κ3) is 9.00. The zero-order valence-corrected chi connectivity index (χ0v) is 10.0. The summed E-state index contributed by atoms with van der Waals surface area (Å²) >= 11 is 0. The molecule has 0 unspecified atom stereocenters. The summed E-state index contributed by atoms with van der Waals surface area (Å²) in [6, 6.07) is 0. The number of guanidine groups is 2. The first kappa shape index (κ1) is 15.7. The third-order valence-electron chi connectivity index (χ3n) is 2.04. The average Bonchev–Trinajstić information content (AvgIpc) is 2.25. The Bertz CT molecular complexity index is 296. The lowest BCUT2D eigenvalue weighted by Gasteiger charge is -2.17. The lowest BCUT2D eigenvalue weighted by atomic mass is 10.2. The van der Waals surface area contributed by atoms with Crippen LogP contribution in [-0.4, -0.2) is 35.2 Å². The van der Waals surface area contributed by atoms with Crippen molar-refractivity contribution in [1.82, 2.24) is 10.4 Å². The van der Waals surface area contributed by atoms with E-state index in [2.05, 4.69) is 10.3 Å². The van der Waals surface area contributed by atoms with E-state index in [0.29, 0.717) is 13.0 Å². The van der Waals surface area contributed by atoms with E-state index in [0.717, 1.165) is 24.3 Å². The Morgan fingerprint density at radius 3 is 2.39 bits per heavy atom. The second-order valence-corrected chi connectivity index (χ2v) is 3.55. The van der Waals surface area contributed by atoms with Gasteiger partial charge in [0, 0.05) is 13.1 Å². The molecule has 0 heterocycles. The van der Waals surface area contributed by atoms with Gasteiger partial charge in [0.05, 0.1) is 0 Å². The fourth-order valence-electron chi connectivity index (χ4n) is 1.24. The molecule has 18 heavy (non-hydrogen) atoms. The maximum atomic E-state index is 10.1. The average molecular weight is 261 g/mol. The molecule has 0 aliphatic rings. The zero-order valence-electron chi connectivity index (χ0n) is 10.0.